The zero-order chi connectivity index (χ0) is 20.5. The van der Waals surface area contributed by atoms with Gasteiger partial charge in [-0.3, -0.25) is 15.1 Å². The Morgan fingerprint density at radius 3 is 3.00 bits per heavy atom. The lowest BCUT2D eigenvalue weighted by molar-refractivity contribution is -0.120. The van der Waals surface area contributed by atoms with Gasteiger partial charge in [0.05, 0.1) is 23.0 Å². The first-order valence-corrected chi connectivity index (χ1v) is 9.81. The molecule has 0 amide bonds. The number of aliphatic hydroxyl groups is 1. The number of hydrogen-bond acceptors (Lipinski definition) is 9. The zero-order valence-electron chi connectivity index (χ0n) is 15.5. The number of aromatic nitrogens is 2. The number of ether oxygens (including phenoxy) is 1. The summed E-state index contributed by atoms with van der Waals surface area (Å²) < 4.78 is 19.4. The standard InChI is InChI=1S/C18H20BrFN6O3/c1-8-15-14(25-17(21)23-8)5-13(11-3-2-9(20)4-12(11)19)24-16(15)26-28-7-10-6-22-18(27)29-10/h2-4,10,13,18,22,27H,5-7H2,1H3,(H,24,26)(H2,21,23,25)/t10-,13+,18?/m0/s1. The number of rotatable bonds is 4. The Morgan fingerprint density at radius 1 is 1.45 bits per heavy atom. The molecular formula is C18H20BrFN6O3. The molecular weight excluding hydrogens is 447 g/mol. The fourth-order valence-electron chi connectivity index (χ4n) is 3.40. The molecule has 1 aromatic heterocycles. The second kappa shape index (κ2) is 8.28. The Balaban J connectivity index is 1.60. The van der Waals surface area contributed by atoms with Crippen molar-refractivity contribution in [3.05, 3.63) is 51.0 Å². The normalized spacial score (nSPS) is 23.6. The van der Waals surface area contributed by atoms with Crippen molar-refractivity contribution in [2.75, 3.05) is 18.9 Å². The molecule has 1 aromatic carbocycles. The summed E-state index contributed by atoms with van der Waals surface area (Å²) in [6.45, 7) is 2.48. The van der Waals surface area contributed by atoms with Crippen molar-refractivity contribution in [1.29, 1.82) is 0 Å². The van der Waals surface area contributed by atoms with E-state index in [9.17, 15) is 9.50 Å². The first-order chi connectivity index (χ1) is 13.9. The number of benzene rings is 1. The number of hydrogen-bond donors (Lipinski definition) is 4. The van der Waals surface area contributed by atoms with Gasteiger partial charge in [-0.15, -0.1) is 0 Å². The number of nitrogens with two attached hydrogens (primary N) is 1. The van der Waals surface area contributed by atoms with Crippen LogP contribution in [-0.4, -0.2) is 46.6 Å². The van der Waals surface area contributed by atoms with Gasteiger partial charge in [0.25, 0.3) is 0 Å². The summed E-state index contributed by atoms with van der Waals surface area (Å²) >= 11 is 3.41. The molecule has 0 spiro atoms. The Morgan fingerprint density at radius 2 is 2.28 bits per heavy atom. The first kappa shape index (κ1) is 20.1. The predicted molar refractivity (Wildman–Crippen MR) is 106 cm³/mol. The summed E-state index contributed by atoms with van der Waals surface area (Å²) in [5.41, 5.74) is 11.6. The van der Waals surface area contributed by atoms with E-state index in [2.05, 4.69) is 36.7 Å². The van der Waals surface area contributed by atoms with Gasteiger partial charge in [0.1, 0.15) is 18.5 Å². The molecule has 1 fully saturated rings. The number of aryl methyl sites for hydroxylation is 1. The van der Waals surface area contributed by atoms with Gasteiger partial charge < -0.3 is 15.6 Å². The van der Waals surface area contributed by atoms with Crippen molar-refractivity contribution < 1.29 is 19.1 Å². The van der Waals surface area contributed by atoms with Crippen LogP contribution in [0.5, 0.6) is 0 Å². The maximum absolute atomic E-state index is 13.5. The van der Waals surface area contributed by atoms with Gasteiger partial charge in [0.15, 0.2) is 5.84 Å². The minimum atomic E-state index is -0.991. The number of halogens is 2. The summed E-state index contributed by atoms with van der Waals surface area (Å²) in [7, 11) is 0. The summed E-state index contributed by atoms with van der Waals surface area (Å²) in [4.78, 5) is 18.9. The molecule has 0 bridgehead atoms. The van der Waals surface area contributed by atoms with Crippen LogP contribution >= 0.6 is 15.9 Å². The van der Waals surface area contributed by atoms with Gasteiger partial charge in [-0.05, 0) is 24.6 Å². The number of fused-ring (bicyclic) bond motifs is 1. The molecule has 4 rings (SSSR count). The Kier molecular flexibility index (Phi) is 5.74. The quantitative estimate of drug-likeness (QED) is 0.493. The van der Waals surface area contributed by atoms with Crippen LogP contribution in [0.15, 0.2) is 27.7 Å². The number of nitrogens with one attached hydrogen (secondary N) is 2. The van der Waals surface area contributed by atoms with E-state index in [0.29, 0.717) is 29.0 Å². The maximum Gasteiger partial charge on any atom is 0.220 e. The molecule has 5 N–H and O–H groups in total. The van der Waals surface area contributed by atoms with Crippen LogP contribution < -0.4 is 16.5 Å². The van der Waals surface area contributed by atoms with E-state index in [-0.39, 0.29) is 30.5 Å². The molecule has 3 heterocycles. The number of amidine groups is 1. The van der Waals surface area contributed by atoms with Gasteiger partial charge in [-0.1, -0.05) is 22.0 Å². The minimum Gasteiger partial charge on any atom is -0.368 e. The lowest BCUT2D eigenvalue weighted by atomic mass is 9.95. The average Bonchev–Trinajstić information content (AvgIpc) is 3.06. The third-order valence-corrected chi connectivity index (χ3v) is 5.38. The molecule has 1 saturated heterocycles. The molecule has 2 aliphatic rings. The topological polar surface area (TPSA) is 127 Å². The number of nitrogen functional groups attached to an aromatic ring is 1. The van der Waals surface area contributed by atoms with E-state index in [0.717, 1.165) is 16.8 Å². The number of nitrogens with zero attached hydrogens (tertiary/aromatic N) is 3. The van der Waals surface area contributed by atoms with Crippen molar-refractivity contribution in [2.24, 2.45) is 4.99 Å². The fourth-order valence-corrected chi connectivity index (χ4v) is 4.02. The van der Waals surface area contributed by atoms with Crippen molar-refractivity contribution in [3.63, 3.8) is 0 Å². The van der Waals surface area contributed by atoms with Crippen molar-refractivity contribution in [3.8, 4) is 0 Å². The number of hydroxylamine groups is 1. The molecule has 9 nitrogen and oxygen atoms in total. The van der Waals surface area contributed by atoms with Crippen molar-refractivity contribution >= 4 is 27.7 Å². The molecule has 0 radical (unpaired) electrons. The molecule has 1 unspecified atom stereocenters. The van der Waals surface area contributed by atoms with Gasteiger partial charge in [0, 0.05) is 17.4 Å². The summed E-state index contributed by atoms with van der Waals surface area (Å²) in [6.07, 6.45) is -0.803. The maximum atomic E-state index is 13.5. The highest BCUT2D eigenvalue weighted by Gasteiger charge is 2.28. The highest BCUT2D eigenvalue weighted by molar-refractivity contribution is 9.10. The molecule has 154 valence electrons. The largest absolute Gasteiger partial charge is 0.368 e. The zero-order valence-corrected chi connectivity index (χ0v) is 17.1. The lowest BCUT2D eigenvalue weighted by Crippen LogP contribution is -2.34. The number of aliphatic imine (C=N–C) groups is 1. The highest BCUT2D eigenvalue weighted by atomic mass is 79.9. The molecule has 29 heavy (non-hydrogen) atoms. The van der Waals surface area contributed by atoms with Gasteiger partial charge in [-0.2, -0.15) is 0 Å². The minimum absolute atomic E-state index is 0.180. The van der Waals surface area contributed by atoms with E-state index in [1.807, 2.05) is 6.92 Å². The van der Waals surface area contributed by atoms with Crippen LogP contribution in [0, 0.1) is 12.7 Å². The summed E-state index contributed by atoms with van der Waals surface area (Å²) in [6, 6.07) is 4.17. The number of aliphatic hydroxyl groups excluding tert-OH is 1. The molecule has 0 aliphatic carbocycles. The van der Waals surface area contributed by atoms with Gasteiger partial charge >= 0.3 is 0 Å². The van der Waals surface area contributed by atoms with Crippen LogP contribution in [0.2, 0.25) is 0 Å². The SMILES string of the molecule is Cc1nc(N)nc2c1C(NOC[C@@H]1CNC(O)O1)=N[C@@H](c1ccc(F)cc1Br)C2. The Hall–Kier alpha value is -2.18. The second-order valence-electron chi connectivity index (χ2n) is 6.78. The lowest BCUT2D eigenvalue weighted by Gasteiger charge is -2.25. The molecule has 0 saturated carbocycles. The molecule has 11 heteroatoms. The summed E-state index contributed by atoms with van der Waals surface area (Å²) in [5, 5.41) is 12.1. The van der Waals surface area contributed by atoms with Gasteiger partial charge in [-0.25, -0.2) is 19.8 Å². The van der Waals surface area contributed by atoms with Crippen LogP contribution in [0.1, 0.15) is 28.6 Å². The second-order valence-corrected chi connectivity index (χ2v) is 7.64. The molecule has 3 atom stereocenters. The average molecular weight is 467 g/mol. The van der Waals surface area contributed by atoms with E-state index in [4.69, 9.17) is 20.3 Å². The van der Waals surface area contributed by atoms with Crippen LogP contribution in [0.3, 0.4) is 0 Å². The van der Waals surface area contributed by atoms with E-state index < -0.39 is 6.41 Å². The third-order valence-electron chi connectivity index (χ3n) is 4.69. The third kappa shape index (κ3) is 4.38. The van der Waals surface area contributed by atoms with Crippen molar-refractivity contribution in [1.82, 2.24) is 20.8 Å². The predicted octanol–water partition coefficient (Wildman–Crippen LogP) is 1.10. The monoisotopic (exact) mass is 466 g/mol. The van der Waals surface area contributed by atoms with Crippen LogP contribution in [-0.2, 0) is 16.0 Å². The van der Waals surface area contributed by atoms with Crippen molar-refractivity contribution in [2.45, 2.75) is 31.9 Å². The van der Waals surface area contributed by atoms with E-state index >= 15 is 0 Å². The smallest absolute Gasteiger partial charge is 0.220 e. The number of anilines is 1. The van der Waals surface area contributed by atoms with Crippen LogP contribution in [0.4, 0.5) is 10.3 Å². The fraction of sp³-hybridized carbons (Fsp3) is 0.389. The Bertz CT molecular complexity index is 959. The molecule has 2 aromatic rings. The first-order valence-electron chi connectivity index (χ1n) is 9.01. The van der Waals surface area contributed by atoms with Gasteiger partial charge in [0.2, 0.25) is 12.4 Å². The summed E-state index contributed by atoms with van der Waals surface area (Å²) in [5.74, 6) is 0.300. The molecule has 2 aliphatic heterocycles. The highest BCUT2D eigenvalue weighted by Crippen LogP contribution is 2.34. The Labute approximate surface area is 174 Å². The van der Waals surface area contributed by atoms with E-state index in [1.54, 1.807) is 6.07 Å². The van der Waals surface area contributed by atoms with Crippen LogP contribution in [0.25, 0.3) is 0 Å². The van der Waals surface area contributed by atoms with E-state index in [1.165, 1.54) is 12.1 Å².